The third kappa shape index (κ3) is 2.46. The number of likely N-dealkylation sites (N-methyl/N-ethyl adjacent to an activating group) is 1. The Morgan fingerprint density at radius 1 is 1.42 bits per heavy atom. The van der Waals surface area contributed by atoms with Crippen molar-refractivity contribution in [3.8, 4) is 5.75 Å². The number of Topliss-reactive ketones (excluding diaryl/α,β-unsaturated/α-hetero) is 1. The molecule has 1 heterocycles. The van der Waals surface area contributed by atoms with Gasteiger partial charge in [0.05, 0.1) is 11.2 Å². The van der Waals surface area contributed by atoms with E-state index < -0.39 is 11.6 Å². The van der Waals surface area contributed by atoms with Crippen LogP contribution in [0.4, 0.5) is 5.69 Å². The Balaban J connectivity index is 2.35. The van der Waals surface area contributed by atoms with Crippen molar-refractivity contribution in [2.75, 3.05) is 12.4 Å². The van der Waals surface area contributed by atoms with Crippen molar-refractivity contribution in [1.29, 1.82) is 0 Å². The summed E-state index contributed by atoms with van der Waals surface area (Å²) in [6.45, 7) is 5.30. The number of rotatable bonds is 3. The summed E-state index contributed by atoms with van der Waals surface area (Å²) >= 11 is 0. The number of ether oxygens (including phenoxy) is 1. The van der Waals surface area contributed by atoms with Crippen LogP contribution in [0.5, 0.6) is 5.75 Å². The number of carbonyl (C=O) groups is 2. The molecule has 5 nitrogen and oxygen atoms in total. The molecule has 1 aliphatic heterocycles. The molecule has 0 aromatic heterocycles. The highest BCUT2D eigenvalue weighted by atomic mass is 16.5. The molecule has 1 unspecified atom stereocenters. The van der Waals surface area contributed by atoms with E-state index >= 15 is 0 Å². The Kier molecular flexibility index (Phi) is 3.32. The quantitative estimate of drug-likeness (QED) is 0.812. The number of carbonyl (C=O) groups excluding carboxylic acids is 2. The molecule has 1 aromatic rings. The largest absolute Gasteiger partial charge is 0.479 e. The van der Waals surface area contributed by atoms with Crippen LogP contribution in [0.3, 0.4) is 0 Å². The first kappa shape index (κ1) is 13.5. The van der Waals surface area contributed by atoms with Gasteiger partial charge in [-0.3, -0.25) is 9.59 Å². The number of benzene rings is 1. The molecule has 0 bridgehead atoms. The minimum absolute atomic E-state index is 0.0364. The van der Waals surface area contributed by atoms with E-state index in [0.29, 0.717) is 17.0 Å². The molecule has 5 heteroatoms. The van der Waals surface area contributed by atoms with Gasteiger partial charge in [-0.05, 0) is 46.0 Å². The number of hydrogen-bond acceptors (Lipinski definition) is 4. The first-order valence-corrected chi connectivity index (χ1v) is 6.20. The molecule has 0 saturated carbocycles. The van der Waals surface area contributed by atoms with Gasteiger partial charge in [0.15, 0.2) is 11.9 Å². The fraction of sp³-hybridized carbons (Fsp3) is 0.429. The Morgan fingerprint density at radius 3 is 2.74 bits per heavy atom. The minimum atomic E-state index is -0.652. The summed E-state index contributed by atoms with van der Waals surface area (Å²) in [5.74, 6) is 0.349. The van der Waals surface area contributed by atoms with Crippen molar-refractivity contribution in [2.45, 2.75) is 32.4 Å². The van der Waals surface area contributed by atoms with Gasteiger partial charge < -0.3 is 15.4 Å². The van der Waals surface area contributed by atoms with E-state index in [1.165, 1.54) is 0 Å². The molecule has 102 valence electrons. The van der Waals surface area contributed by atoms with E-state index in [1.807, 2.05) is 13.8 Å². The second-order valence-electron chi connectivity index (χ2n) is 5.16. The molecule has 0 spiro atoms. The van der Waals surface area contributed by atoms with Crippen LogP contribution in [0.15, 0.2) is 18.2 Å². The van der Waals surface area contributed by atoms with Gasteiger partial charge in [0.1, 0.15) is 5.75 Å². The predicted octanol–water partition coefficient (Wildman–Crippen LogP) is 1.59. The number of anilines is 1. The minimum Gasteiger partial charge on any atom is -0.479 e. The summed E-state index contributed by atoms with van der Waals surface area (Å²) in [5, 5.41) is 5.71. The maximum atomic E-state index is 12.3. The fourth-order valence-corrected chi connectivity index (χ4v) is 1.82. The zero-order valence-corrected chi connectivity index (χ0v) is 11.5. The Bertz CT molecular complexity index is 537. The number of ketones is 1. The number of nitrogens with one attached hydrogen (secondary N) is 2. The lowest BCUT2D eigenvalue weighted by Crippen LogP contribution is -2.44. The van der Waals surface area contributed by atoms with Crippen LogP contribution in [-0.2, 0) is 4.79 Å². The van der Waals surface area contributed by atoms with Gasteiger partial charge in [0.2, 0.25) is 0 Å². The summed E-state index contributed by atoms with van der Waals surface area (Å²) in [6, 6.07) is 5.08. The fourth-order valence-electron chi connectivity index (χ4n) is 1.82. The van der Waals surface area contributed by atoms with Crippen LogP contribution < -0.4 is 15.4 Å². The lowest BCUT2D eigenvalue weighted by Gasteiger charge is -2.26. The molecule has 0 saturated heterocycles. The summed E-state index contributed by atoms with van der Waals surface area (Å²) in [4.78, 5) is 23.9. The lowest BCUT2D eigenvalue weighted by atomic mass is 9.93. The summed E-state index contributed by atoms with van der Waals surface area (Å²) in [6.07, 6.45) is -0.511. The van der Waals surface area contributed by atoms with Crippen LogP contribution in [-0.4, -0.2) is 30.4 Å². The van der Waals surface area contributed by atoms with Gasteiger partial charge in [-0.1, -0.05) is 0 Å². The summed E-state index contributed by atoms with van der Waals surface area (Å²) < 4.78 is 5.45. The maximum absolute atomic E-state index is 12.3. The van der Waals surface area contributed by atoms with Crippen molar-refractivity contribution >= 4 is 17.4 Å². The molecule has 1 amide bonds. The van der Waals surface area contributed by atoms with E-state index in [1.54, 1.807) is 32.2 Å². The Labute approximate surface area is 112 Å². The topological polar surface area (TPSA) is 67.4 Å². The van der Waals surface area contributed by atoms with Crippen molar-refractivity contribution in [3.63, 3.8) is 0 Å². The molecular formula is C14H18N2O3. The SMILES string of the molecule is CNC(C)(C)C(=O)c1ccc2c(c1)NC(=O)C(C)O2. The smallest absolute Gasteiger partial charge is 0.265 e. The normalized spacial score (nSPS) is 18.3. The van der Waals surface area contributed by atoms with Crippen LogP contribution in [0.25, 0.3) is 0 Å². The van der Waals surface area contributed by atoms with Gasteiger partial charge in [-0.15, -0.1) is 0 Å². The van der Waals surface area contributed by atoms with Crippen LogP contribution >= 0.6 is 0 Å². The van der Waals surface area contributed by atoms with Crippen LogP contribution in [0.1, 0.15) is 31.1 Å². The molecule has 0 fully saturated rings. The lowest BCUT2D eigenvalue weighted by molar-refractivity contribution is -0.122. The Morgan fingerprint density at radius 2 is 2.11 bits per heavy atom. The Hall–Kier alpha value is -1.88. The highest BCUT2D eigenvalue weighted by Gasteiger charge is 2.29. The summed E-state index contributed by atoms with van der Waals surface area (Å²) in [7, 11) is 1.74. The predicted molar refractivity (Wildman–Crippen MR) is 72.6 cm³/mol. The van der Waals surface area contributed by atoms with Crippen molar-refractivity contribution < 1.29 is 14.3 Å². The van der Waals surface area contributed by atoms with Gasteiger partial charge in [0, 0.05) is 5.56 Å². The first-order valence-electron chi connectivity index (χ1n) is 6.20. The summed E-state index contributed by atoms with van der Waals surface area (Å²) in [5.41, 5.74) is 0.429. The van der Waals surface area contributed by atoms with Gasteiger partial charge in [0.25, 0.3) is 5.91 Å². The second-order valence-corrected chi connectivity index (χ2v) is 5.16. The molecule has 1 aliphatic rings. The molecule has 1 aromatic carbocycles. The van der Waals surface area contributed by atoms with Crippen LogP contribution in [0, 0.1) is 0 Å². The van der Waals surface area contributed by atoms with E-state index in [2.05, 4.69) is 10.6 Å². The number of fused-ring (bicyclic) bond motifs is 1. The highest BCUT2D eigenvalue weighted by Crippen LogP contribution is 2.31. The maximum Gasteiger partial charge on any atom is 0.265 e. The van der Waals surface area contributed by atoms with Crippen molar-refractivity contribution in [2.24, 2.45) is 0 Å². The molecule has 2 N–H and O–H groups in total. The standard InChI is InChI=1S/C14H18N2O3/c1-8-13(18)16-10-7-9(5-6-11(10)19-8)12(17)14(2,3)15-4/h5-8,15H,1-4H3,(H,16,18). The van der Waals surface area contributed by atoms with E-state index in [9.17, 15) is 9.59 Å². The number of amides is 1. The average Bonchev–Trinajstić information content (AvgIpc) is 2.38. The molecule has 19 heavy (non-hydrogen) atoms. The van der Waals surface area contributed by atoms with E-state index in [4.69, 9.17) is 4.74 Å². The molecule has 2 rings (SSSR count). The third-order valence-electron chi connectivity index (χ3n) is 3.37. The molecular weight excluding hydrogens is 244 g/mol. The zero-order valence-electron chi connectivity index (χ0n) is 11.5. The second kappa shape index (κ2) is 4.66. The van der Waals surface area contributed by atoms with Crippen molar-refractivity contribution in [1.82, 2.24) is 5.32 Å². The number of hydrogen-bond donors (Lipinski definition) is 2. The van der Waals surface area contributed by atoms with Crippen LogP contribution in [0.2, 0.25) is 0 Å². The first-order chi connectivity index (χ1) is 8.85. The molecule has 0 radical (unpaired) electrons. The average molecular weight is 262 g/mol. The molecule has 0 aliphatic carbocycles. The third-order valence-corrected chi connectivity index (χ3v) is 3.37. The van der Waals surface area contributed by atoms with Gasteiger partial charge in [-0.25, -0.2) is 0 Å². The van der Waals surface area contributed by atoms with E-state index in [0.717, 1.165) is 0 Å². The molecule has 1 atom stereocenters. The highest BCUT2D eigenvalue weighted by molar-refractivity contribution is 6.05. The van der Waals surface area contributed by atoms with E-state index in [-0.39, 0.29) is 11.7 Å². The van der Waals surface area contributed by atoms with Gasteiger partial charge >= 0.3 is 0 Å². The van der Waals surface area contributed by atoms with Crippen molar-refractivity contribution in [3.05, 3.63) is 23.8 Å². The monoisotopic (exact) mass is 262 g/mol. The zero-order chi connectivity index (χ0) is 14.2. The van der Waals surface area contributed by atoms with Gasteiger partial charge in [-0.2, -0.15) is 0 Å².